The number of hydrogen-bond acceptors (Lipinski definition) is 6. The molecule has 1 aromatic heterocycles. The summed E-state index contributed by atoms with van der Waals surface area (Å²) in [5.74, 6) is -0.138. The Labute approximate surface area is 145 Å². The molecule has 9 nitrogen and oxygen atoms in total. The third-order valence-corrected chi connectivity index (χ3v) is 3.69. The van der Waals surface area contributed by atoms with E-state index in [1.165, 1.54) is 4.68 Å². The smallest absolute Gasteiger partial charge is 0.305 e. The quantitative estimate of drug-likeness (QED) is 0.723. The predicted octanol–water partition coefficient (Wildman–Crippen LogP) is 0.753. The van der Waals surface area contributed by atoms with E-state index in [4.69, 9.17) is 9.84 Å². The van der Waals surface area contributed by atoms with Crippen molar-refractivity contribution in [1.82, 2.24) is 25.5 Å². The first-order chi connectivity index (χ1) is 11.9. The lowest BCUT2D eigenvalue weighted by Gasteiger charge is -2.20. The topological polar surface area (TPSA) is 119 Å². The number of methoxy groups -OCH3 is 1. The second-order valence-corrected chi connectivity index (χ2v) is 5.75. The second kappa shape index (κ2) is 8.22. The van der Waals surface area contributed by atoms with Crippen molar-refractivity contribution in [3.05, 3.63) is 35.7 Å². The number of ether oxygens (including phenoxy) is 1. The van der Waals surface area contributed by atoms with Crippen LogP contribution in [0.4, 0.5) is 0 Å². The number of carbonyl (C=O) groups is 2. The highest BCUT2D eigenvalue weighted by molar-refractivity contribution is 5.81. The van der Waals surface area contributed by atoms with Crippen molar-refractivity contribution in [3.63, 3.8) is 0 Å². The first kappa shape index (κ1) is 18.4. The molecule has 0 saturated carbocycles. The number of aromatic nitrogens is 4. The summed E-state index contributed by atoms with van der Waals surface area (Å²) in [6.45, 7) is 3.34. The molecule has 0 aliphatic carbocycles. The lowest BCUT2D eigenvalue weighted by molar-refractivity contribution is -0.137. The first-order valence-electron chi connectivity index (χ1n) is 7.80. The highest BCUT2D eigenvalue weighted by atomic mass is 16.5. The molecule has 134 valence electrons. The average molecular weight is 347 g/mol. The van der Waals surface area contributed by atoms with Gasteiger partial charge in [0.05, 0.1) is 13.5 Å². The fourth-order valence-electron chi connectivity index (χ4n) is 2.49. The zero-order valence-electron chi connectivity index (χ0n) is 14.3. The Hall–Kier alpha value is -2.97. The Bertz CT molecular complexity index is 746. The van der Waals surface area contributed by atoms with Gasteiger partial charge in [0.1, 0.15) is 17.6 Å². The largest absolute Gasteiger partial charge is 0.497 e. The number of aliphatic carboxylic acids is 1. The normalized spacial score (nSPS) is 13.1. The van der Waals surface area contributed by atoms with Gasteiger partial charge >= 0.3 is 5.97 Å². The molecular formula is C16H21N5O4. The lowest BCUT2D eigenvalue weighted by atomic mass is 10.0. The number of hydrogen-bond donors (Lipinski definition) is 2. The fourth-order valence-corrected chi connectivity index (χ4v) is 2.49. The summed E-state index contributed by atoms with van der Waals surface area (Å²) < 4.78 is 6.64. The van der Waals surface area contributed by atoms with E-state index in [1.54, 1.807) is 21.0 Å². The minimum atomic E-state index is -0.976. The molecule has 2 N–H and O–H groups in total. The van der Waals surface area contributed by atoms with E-state index in [0.717, 1.165) is 5.56 Å². The van der Waals surface area contributed by atoms with Crippen molar-refractivity contribution in [2.24, 2.45) is 0 Å². The fraction of sp³-hybridized carbons (Fsp3) is 0.438. The van der Waals surface area contributed by atoms with Crippen LogP contribution in [0.2, 0.25) is 0 Å². The Balaban J connectivity index is 2.22. The standard InChI is InChI=1S/C16H21N5O4/c1-10(7-15(22)23)17-16(24)14(21-11(2)18-19-20-21)9-12-5-4-6-13(8-12)25-3/h4-6,8,10,14H,7,9H2,1-3H3,(H,17,24)(H,22,23). The number of carboxylic acids is 1. The molecule has 1 heterocycles. The van der Waals surface area contributed by atoms with Crippen molar-refractivity contribution in [2.75, 3.05) is 7.11 Å². The first-order valence-corrected chi connectivity index (χ1v) is 7.80. The molecule has 2 atom stereocenters. The third-order valence-electron chi connectivity index (χ3n) is 3.69. The van der Waals surface area contributed by atoms with E-state index < -0.39 is 18.1 Å². The summed E-state index contributed by atoms with van der Waals surface area (Å²) in [5.41, 5.74) is 0.875. The van der Waals surface area contributed by atoms with Crippen molar-refractivity contribution < 1.29 is 19.4 Å². The highest BCUT2D eigenvalue weighted by Crippen LogP contribution is 2.19. The maximum atomic E-state index is 12.7. The van der Waals surface area contributed by atoms with Crippen molar-refractivity contribution in [3.8, 4) is 5.75 Å². The van der Waals surface area contributed by atoms with Crippen LogP contribution < -0.4 is 10.1 Å². The van der Waals surface area contributed by atoms with Gasteiger partial charge in [-0.05, 0) is 42.0 Å². The summed E-state index contributed by atoms with van der Waals surface area (Å²) in [5, 5.41) is 22.9. The van der Waals surface area contributed by atoms with Crippen molar-refractivity contribution in [1.29, 1.82) is 0 Å². The van der Waals surface area contributed by atoms with E-state index in [2.05, 4.69) is 20.8 Å². The summed E-state index contributed by atoms with van der Waals surface area (Å²) in [7, 11) is 1.57. The molecule has 0 aliphatic rings. The van der Waals surface area contributed by atoms with Crippen LogP contribution in [0.5, 0.6) is 5.75 Å². The Morgan fingerprint density at radius 2 is 2.16 bits per heavy atom. The van der Waals surface area contributed by atoms with E-state index in [1.807, 2.05) is 24.3 Å². The molecule has 2 aromatic rings. The van der Waals surface area contributed by atoms with Gasteiger partial charge in [0.15, 0.2) is 0 Å². The summed E-state index contributed by atoms with van der Waals surface area (Å²) in [6, 6.07) is 6.16. The van der Waals surface area contributed by atoms with Gasteiger partial charge in [-0.2, -0.15) is 0 Å². The van der Waals surface area contributed by atoms with Gasteiger partial charge in [-0.1, -0.05) is 12.1 Å². The van der Waals surface area contributed by atoms with Crippen molar-refractivity contribution >= 4 is 11.9 Å². The van der Waals surface area contributed by atoms with Crippen LogP contribution in [-0.4, -0.2) is 50.3 Å². The van der Waals surface area contributed by atoms with Gasteiger partial charge in [-0.25, -0.2) is 4.68 Å². The van der Waals surface area contributed by atoms with Crippen LogP contribution in [0.3, 0.4) is 0 Å². The van der Waals surface area contributed by atoms with E-state index in [-0.39, 0.29) is 12.3 Å². The van der Waals surface area contributed by atoms with Gasteiger partial charge in [0, 0.05) is 12.5 Å². The number of rotatable bonds is 8. The zero-order chi connectivity index (χ0) is 18.4. The maximum Gasteiger partial charge on any atom is 0.305 e. The second-order valence-electron chi connectivity index (χ2n) is 5.75. The van der Waals surface area contributed by atoms with Crippen LogP contribution in [0.25, 0.3) is 0 Å². The van der Waals surface area contributed by atoms with Gasteiger partial charge < -0.3 is 15.2 Å². The van der Waals surface area contributed by atoms with Crippen LogP contribution in [0.15, 0.2) is 24.3 Å². The Morgan fingerprint density at radius 3 is 2.76 bits per heavy atom. The van der Waals surface area contributed by atoms with E-state index >= 15 is 0 Å². The summed E-state index contributed by atoms with van der Waals surface area (Å²) in [6.07, 6.45) is 0.181. The van der Waals surface area contributed by atoms with Gasteiger partial charge in [-0.3, -0.25) is 9.59 Å². The number of aryl methyl sites for hydroxylation is 1. The zero-order valence-corrected chi connectivity index (χ0v) is 14.3. The molecule has 1 amide bonds. The number of carbonyl (C=O) groups excluding carboxylic acids is 1. The number of amides is 1. The van der Waals surface area contributed by atoms with Crippen LogP contribution in [0, 0.1) is 6.92 Å². The number of benzene rings is 1. The Kier molecular flexibility index (Phi) is 6.04. The molecule has 2 rings (SSSR count). The molecule has 0 spiro atoms. The molecule has 0 radical (unpaired) electrons. The van der Waals surface area contributed by atoms with Gasteiger partial charge in [0.2, 0.25) is 5.91 Å². The number of nitrogens with one attached hydrogen (secondary N) is 1. The molecule has 0 fully saturated rings. The number of tetrazole rings is 1. The van der Waals surface area contributed by atoms with Crippen LogP contribution >= 0.6 is 0 Å². The number of carboxylic acid groups (broad SMARTS) is 1. The predicted molar refractivity (Wildman–Crippen MR) is 88.1 cm³/mol. The average Bonchev–Trinajstić information content (AvgIpc) is 2.97. The molecule has 2 unspecified atom stereocenters. The van der Waals surface area contributed by atoms with Crippen LogP contribution in [-0.2, 0) is 16.0 Å². The lowest BCUT2D eigenvalue weighted by Crippen LogP contribution is -2.40. The number of nitrogens with zero attached hydrogens (tertiary/aromatic N) is 4. The molecule has 25 heavy (non-hydrogen) atoms. The molecule has 0 saturated heterocycles. The molecule has 1 aromatic carbocycles. The minimum Gasteiger partial charge on any atom is -0.497 e. The summed E-state index contributed by atoms with van der Waals surface area (Å²) >= 11 is 0. The molecule has 0 aliphatic heterocycles. The SMILES string of the molecule is COc1cccc(CC(C(=O)NC(C)CC(=O)O)n2nnnc2C)c1. The van der Waals surface area contributed by atoms with Crippen LogP contribution in [0.1, 0.15) is 30.8 Å². The monoisotopic (exact) mass is 347 g/mol. The minimum absolute atomic E-state index is 0.161. The van der Waals surface area contributed by atoms with E-state index in [0.29, 0.717) is 18.0 Å². The van der Waals surface area contributed by atoms with Gasteiger partial charge in [0.25, 0.3) is 0 Å². The summed E-state index contributed by atoms with van der Waals surface area (Å²) in [4.78, 5) is 23.5. The third kappa shape index (κ3) is 5.00. The maximum absolute atomic E-state index is 12.7. The van der Waals surface area contributed by atoms with Crippen molar-refractivity contribution in [2.45, 2.75) is 38.8 Å². The Morgan fingerprint density at radius 1 is 1.40 bits per heavy atom. The van der Waals surface area contributed by atoms with E-state index in [9.17, 15) is 9.59 Å². The molecule has 0 bridgehead atoms. The van der Waals surface area contributed by atoms with Gasteiger partial charge in [-0.15, -0.1) is 5.10 Å². The molecule has 9 heteroatoms. The molecular weight excluding hydrogens is 326 g/mol. The highest BCUT2D eigenvalue weighted by Gasteiger charge is 2.26.